The first kappa shape index (κ1) is 22.8. The van der Waals surface area contributed by atoms with Gasteiger partial charge in [0.25, 0.3) is 11.8 Å². The van der Waals surface area contributed by atoms with Crippen molar-refractivity contribution < 1.29 is 23.5 Å². The summed E-state index contributed by atoms with van der Waals surface area (Å²) in [7, 11) is 0. The highest BCUT2D eigenvalue weighted by Gasteiger charge is 2.21. The molecule has 176 valence electrons. The molecule has 4 rings (SSSR count). The van der Waals surface area contributed by atoms with Crippen LogP contribution in [0.5, 0.6) is 17.4 Å². The number of anilines is 3. The normalized spacial score (nSPS) is 13.1. The number of aromatic nitrogens is 2. The first-order valence-corrected chi connectivity index (χ1v) is 10.7. The number of rotatable bonds is 9. The third kappa shape index (κ3) is 5.17. The van der Waals surface area contributed by atoms with Gasteiger partial charge in [0.05, 0.1) is 24.1 Å². The molecule has 1 aliphatic heterocycles. The number of amides is 2. The molecule has 9 nitrogen and oxygen atoms in total. The van der Waals surface area contributed by atoms with E-state index in [1.54, 1.807) is 47.4 Å². The lowest BCUT2D eigenvalue weighted by molar-refractivity contribution is -0.128. The van der Waals surface area contributed by atoms with Crippen molar-refractivity contribution in [2.24, 2.45) is 0 Å². The summed E-state index contributed by atoms with van der Waals surface area (Å²) in [6.07, 6.45) is 3.60. The number of carbonyl (C=O) groups excluding carboxylic acids is 2. The average molecular weight is 465 g/mol. The molecule has 1 saturated heterocycles. The maximum Gasteiger partial charge on any atom is 0.254 e. The van der Waals surface area contributed by atoms with E-state index in [1.807, 2.05) is 0 Å². The second kappa shape index (κ2) is 10.1. The van der Waals surface area contributed by atoms with E-state index in [0.717, 1.165) is 19.2 Å². The van der Waals surface area contributed by atoms with Crippen molar-refractivity contribution in [1.82, 2.24) is 15.1 Å². The van der Waals surface area contributed by atoms with E-state index in [4.69, 9.17) is 15.2 Å². The first-order chi connectivity index (χ1) is 16.4. The summed E-state index contributed by atoms with van der Waals surface area (Å²) in [5.41, 5.74) is 7.36. The van der Waals surface area contributed by atoms with E-state index < -0.39 is 11.7 Å². The smallest absolute Gasteiger partial charge is 0.254 e. The number of halogens is 1. The van der Waals surface area contributed by atoms with Gasteiger partial charge in [-0.1, -0.05) is 12.6 Å². The number of ether oxygens (including phenoxy) is 2. The van der Waals surface area contributed by atoms with Crippen LogP contribution < -0.4 is 20.1 Å². The summed E-state index contributed by atoms with van der Waals surface area (Å²) in [5.74, 6) is -0.331. The molecule has 3 aromatic rings. The number of likely N-dealkylation sites (tertiary alicyclic amines) is 1. The Morgan fingerprint density at radius 2 is 2.09 bits per heavy atom. The van der Waals surface area contributed by atoms with Crippen LogP contribution in [0.1, 0.15) is 12.8 Å². The maximum atomic E-state index is 13.7. The molecule has 0 radical (unpaired) electrons. The predicted octanol–water partition coefficient (Wildman–Crippen LogP) is 3.78. The molecular weight excluding hydrogens is 441 g/mol. The molecule has 10 heteroatoms. The molecule has 1 aromatic heterocycles. The number of aromatic amines is 1. The Morgan fingerprint density at radius 3 is 2.79 bits per heavy atom. The number of nitrogen functional groups attached to an aromatic ring is 1. The highest BCUT2D eigenvalue weighted by atomic mass is 19.1. The second-order valence-electron chi connectivity index (χ2n) is 7.62. The van der Waals surface area contributed by atoms with Crippen LogP contribution in [0.25, 0.3) is 0 Å². The monoisotopic (exact) mass is 465 g/mol. The van der Waals surface area contributed by atoms with Gasteiger partial charge >= 0.3 is 0 Å². The number of hydrogen-bond acceptors (Lipinski definition) is 6. The van der Waals surface area contributed by atoms with Crippen LogP contribution in [0.15, 0.2) is 61.3 Å². The topological polar surface area (TPSA) is 114 Å². The zero-order chi connectivity index (χ0) is 24.1. The quantitative estimate of drug-likeness (QED) is 0.367. The summed E-state index contributed by atoms with van der Waals surface area (Å²) in [4.78, 5) is 27.7. The van der Waals surface area contributed by atoms with Gasteiger partial charge < -0.3 is 20.1 Å². The summed E-state index contributed by atoms with van der Waals surface area (Å²) < 4.78 is 25.0. The summed E-state index contributed by atoms with van der Waals surface area (Å²) in [6.45, 7) is 5.09. The van der Waals surface area contributed by atoms with Crippen molar-refractivity contribution in [3.8, 4) is 17.4 Å². The Kier molecular flexibility index (Phi) is 6.77. The molecule has 2 amide bonds. The minimum absolute atomic E-state index is 0.122. The van der Waals surface area contributed by atoms with Gasteiger partial charge in [0.15, 0.2) is 0 Å². The van der Waals surface area contributed by atoms with Gasteiger partial charge in [-0.3, -0.25) is 14.5 Å². The van der Waals surface area contributed by atoms with Crippen LogP contribution in [-0.2, 0) is 9.59 Å². The van der Waals surface area contributed by atoms with Crippen molar-refractivity contribution in [3.63, 3.8) is 0 Å². The minimum atomic E-state index is -0.641. The second-order valence-corrected chi connectivity index (χ2v) is 7.62. The van der Waals surface area contributed by atoms with E-state index in [0.29, 0.717) is 42.4 Å². The number of carbonyl (C=O) groups is 2. The third-order valence-corrected chi connectivity index (χ3v) is 5.22. The molecule has 0 atom stereocenters. The molecule has 3 N–H and O–H groups in total. The Morgan fingerprint density at radius 1 is 1.26 bits per heavy atom. The Labute approximate surface area is 195 Å². The lowest BCUT2D eigenvalue weighted by Gasteiger charge is -2.23. The van der Waals surface area contributed by atoms with Crippen LogP contribution in [0.2, 0.25) is 0 Å². The lowest BCUT2D eigenvalue weighted by atomic mass is 10.2. The number of nitrogens with zero attached hydrogens (tertiary/aromatic N) is 3. The summed E-state index contributed by atoms with van der Waals surface area (Å²) in [6, 6.07) is 11.5. The van der Waals surface area contributed by atoms with Crippen LogP contribution in [0.3, 0.4) is 0 Å². The largest absolute Gasteiger partial charge is 0.492 e. The van der Waals surface area contributed by atoms with Crippen LogP contribution in [0, 0.1) is 5.82 Å². The zero-order valence-electron chi connectivity index (χ0n) is 18.4. The molecule has 1 fully saturated rings. The Balaban J connectivity index is 1.57. The third-order valence-electron chi connectivity index (χ3n) is 5.22. The van der Waals surface area contributed by atoms with Crippen molar-refractivity contribution in [2.45, 2.75) is 12.8 Å². The van der Waals surface area contributed by atoms with Gasteiger partial charge in [-0.15, -0.1) is 0 Å². The van der Waals surface area contributed by atoms with Crippen LogP contribution in [0.4, 0.5) is 21.5 Å². The van der Waals surface area contributed by atoms with Gasteiger partial charge in [-0.25, -0.2) is 5.10 Å². The number of benzene rings is 2. The molecule has 0 spiro atoms. The molecule has 0 saturated carbocycles. The number of H-pyrrole nitrogens is 1. The summed E-state index contributed by atoms with van der Waals surface area (Å²) >= 11 is 0. The van der Waals surface area contributed by atoms with Crippen molar-refractivity contribution in [1.29, 1.82) is 0 Å². The fourth-order valence-electron chi connectivity index (χ4n) is 3.66. The zero-order valence-corrected chi connectivity index (χ0v) is 18.4. The van der Waals surface area contributed by atoms with E-state index in [9.17, 15) is 14.0 Å². The van der Waals surface area contributed by atoms with Gasteiger partial charge in [-0.05, 0) is 30.7 Å². The standard InChI is InChI=1S/C24H24FN5O4/c1-2-22(31)30(17-5-3-6-19(13-17)34-24-21(25)15-27-28-24)18-11-16(26)12-20(14-18)33-10-9-29-8-4-7-23(29)32/h2-3,5-6,11-15H,1,4,7-10,26H2,(H,27,28). The van der Waals surface area contributed by atoms with Gasteiger partial charge in [0.2, 0.25) is 11.7 Å². The highest BCUT2D eigenvalue weighted by Crippen LogP contribution is 2.34. The highest BCUT2D eigenvalue weighted by molar-refractivity contribution is 6.07. The van der Waals surface area contributed by atoms with Crippen LogP contribution >= 0.6 is 0 Å². The number of nitrogens with one attached hydrogen (secondary N) is 1. The molecule has 1 aliphatic rings. The Bertz CT molecular complexity index is 1210. The Hall–Kier alpha value is -4.34. The molecular formula is C24H24FN5O4. The van der Waals surface area contributed by atoms with Crippen molar-refractivity contribution in [2.75, 3.05) is 30.3 Å². The van der Waals surface area contributed by atoms with Crippen molar-refractivity contribution in [3.05, 3.63) is 67.1 Å². The maximum absolute atomic E-state index is 13.7. The number of hydrogen-bond donors (Lipinski definition) is 2. The molecule has 0 aliphatic carbocycles. The molecule has 2 heterocycles. The van der Waals surface area contributed by atoms with Gasteiger partial charge in [0, 0.05) is 36.9 Å². The molecule has 34 heavy (non-hydrogen) atoms. The fraction of sp³-hybridized carbons (Fsp3) is 0.208. The van der Waals surface area contributed by atoms with Crippen molar-refractivity contribution >= 4 is 28.9 Å². The number of nitrogens with two attached hydrogens (primary N) is 1. The minimum Gasteiger partial charge on any atom is -0.492 e. The van der Waals surface area contributed by atoms with E-state index in [1.165, 1.54) is 11.0 Å². The molecule has 0 bridgehead atoms. The van der Waals surface area contributed by atoms with E-state index >= 15 is 0 Å². The van der Waals surface area contributed by atoms with Gasteiger partial charge in [-0.2, -0.15) is 9.49 Å². The summed E-state index contributed by atoms with van der Waals surface area (Å²) in [5, 5.41) is 6.01. The lowest BCUT2D eigenvalue weighted by Crippen LogP contribution is -2.29. The SMILES string of the molecule is C=CC(=O)N(c1cc(N)cc(OCCN2CCCC2=O)c1)c1cccc(Oc2[nH]ncc2F)c1. The fourth-order valence-corrected chi connectivity index (χ4v) is 3.66. The molecule has 2 aromatic carbocycles. The van der Waals surface area contributed by atoms with Gasteiger partial charge in [0.1, 0.15) is 18.1 Å². The van der Waals surface area contributed by atoms with E-state index in [2.05, 4.69) is 16.8 Å². The molecule has 0 unspecified atom stereocenters. The average Bonchev–Trinajstić information content (AvgIpc) is 3.41. The van der Waals surface area contributed by atoms with E-state index in [-0.39, 0.29) is 17.5 Å². The predicted molar refractivity (Wildman–Crippen MR) is 125 cm³/mol. The van der Waals surface area contributed by atoms with Crippen LogP contribution in [-0.4, -0.2) is 46.6 Å². The first-order valence-electron chi connectivity index (χ1n) is 10.7.